The molecule has 1 aliphatic rings. The van der Waals surface area contributed by atoms with Gasteiger partial charge in [0.1, 0.15) is 10.8 Å². The monoisotopic (exact) mass is 327 g/mol. The van der Waals surface area contributed by atoms with Crippen LogP contribution in [0.4, 0.5) is 4.79 Å². The molecule has 0 saturated carbocycles. The number of rotatable bonds is 2. The summed E-state index contributed by atoms with van der Waals surface area (Å²) < 4.78 is 10.7. The van der Waals surface area contributed by atoms with Gasteiger partial charge in [-0.3, -0.25) is 0 Å². The van der Waals surface area contributed by atoms with Crippen molar-refractivity contribution in [3.63, 3.8) is 0 Å². The summed E-state index contributed by atoms with van der Waals surface area (Å²) in [6.07, 6.45) is -0.306. The van der Waals surface area contributed by atoms with Crippen LogP contribution in [0.25, 0.3) is 0 Å². The van der Waals surface area contributed by atoms with Crippen molar-refractivity contribution in [2.24, 2.45) is 0 Å². The van der Waals surface area contributed by atoms with Crippen LogP contribution in [-0.2, 0) is 4.74 Å². The predicted octanol–water partition coefficient (Wildman–Crippen LogP) is 2.62. The number of nitrogens with one attached hydrogen (secondary N) is 1. The van der Waals surface area contributed by atoms with Crippen molar-refractivity contribution in [1.82, 2.24) is 15.2 Å². The van der Waals surface area contributed by atoms with E-state index in [9.17, 15) is 4.79 Å². The molecule has 1 unspecified atom stereocenters. The van der Waals surface area contributed by atoms with Crippen molar-refractivity contribution >= 4 is 17.7 Å². The zero-order valence-corrected chi connectivity index (χ0v) is 14.1. The van der Waals surface area contributed by atoms with Crippen LogP contribution >= 0.6 is 11.6 Å². The lowest BCUT2D eigenvalue weighted by Crippen LogP contribution is -2.49. The second-order valence-electron chi connectivity index (χ2n) is 6.17. The Labute approximate surface area is 135 Å². The molecule has 1 aromatic rings. The molecule has 0 aliphatic carbocycles. The van der Waals surface area contributed by atoms with E-state index in [1.54, 1.807) is 18.1 Å². The highest BCUT2D eigenvalue weighted by Crippen LogP contribution is 2.27. The molecule has 2 rings (SSSR count). The standard InChI is InChI=1S/C15H22ClN3O3/c1-15(2,3)22-14(20)19-8-7-17-11(9-19)10-5-6-12(16)18-13(10)21-4/h5-6,11,17H,7-9H2,1-4H3. The van der Waals surface area contributed by atoms with Crippen LogP contribution in [0.3, 0.4) is 0 Å². The molecule has 1 aliphatic heterocycles. The van der Waals surface area contributed by atoms with Crippen LogP contribution < -0.4 is 10.1 Å². The van der Waals surface area contributed by atoms with E-state index in [-0.39, 0.29) is 12.1 Å². The van der Waals surface area contributed by atoms with E-state index in [1.807, 2.05) is 26.8 Å². The van der Waals surface area contributed by atoms with Crippen LogP contribution in [0, 0.1) is 0 Å². The van der Waals surface area contributed by atoms with Crippen LogP contribution in [0.1, 0.15) is 32.4 Å². The summed E-state index contributed by atoms with van der Waals surface area (Å²) in [5, 5.41) is 3.74. The summed E-state index contributed by atoms with van der Waals surface area (Å²) in [4.78, 5) is 18.1. The van der Waals surface area contributed by atoms with Gasteiger partial charge in [0.05, 0.1) is 13.2 Å². The summed E-state index contributed by atoms with van der Waals surface area (Å²) in [7, 11) is 1.55. The molecule has 1 fully saturated rings. The minimum Gasteiger partial charge on any atom is -0.481 e. The fraction of sp³-hybridized carbons (Fsp3) is 0.600. The van der Waals surface area contributed by atoms with Crippen LogP contribution in [0.15, 0.2) is 12.1 Å². The average Bonchev–Trinajstić information content (AvgIpc) is 2.45. The van der Waals surface area contributed by atoms with Gasteiger partial charge in [0, 0.05) is 25.2 Å². The SMILES string of the molecule is COc1nc(Cl)ccc1C1CN(C(=O)OC(C)(C)C)CCN1. The topological polar surface area (TPSA) is 63.7 Å². The molecule has 0 aromatic carbocycles. The predicted molar refractivity (Wildman–Crippen MR) is 84.3 cm³/mol. The third kappa shape index (κ3) is 4.24. The molecule has 1 saturated heterocycles. The number of piperazine rings is 1. The van der Waals surface area contributed by atoms with Crippen molar-refractivity contribution in [3.05, 3.63) is 22.8 Å². The van der Waals surface area contributed by atoms with Gasteiger partial charge in [0.15, 0.2) is 0 Å². The summed E-state index contributed by atoms with van der Waals surface area (Å²) in [5.41, 5.74) is 0.372. The molecule has 2 heterocycles. The summed E-state index contributed by atoms with van der Waals surface area (Å²) in [6.45, 7) is 7.35. The molecule has 0 spiro atoms. The molecule has 0 bridgehead atoms. The van der Waals surface area contributed by atoms with E-state index in [2.05, 4.69) is 10.3 Å². The second-order valence-corrected chi connectivity index (χ2v) is 6.55. The fourth-order valence-corrected chi connectivity index (χ4v) is 2.45. The lowest BCUT2D eigenvalue weighted by molar-refractivity contribution is 0.0194. The van der Waals surface area contributed by atoms with Crippen LogP contribution in [0.2, 0.25) is 5.15 Å². The molecule has 6 nitrogen and oxygen atoms in total. The fourth-order valence-electron chi connectivity index (χ4n) is 2.31. The first-order chi connectivity index (χ1) is 10.3. The van der Waals surface area contributed by atoms with Gasteiger partial charge >= 0.3 is 6.09 Å². The zero-order valence-electron chi connectivity index (χ0n) is 13.4. The van der Waals surface area contributed by atoms with E-state index in [4.69, 9.17) is 21.1 Å². The van der Waals surface area contributed by atoms with E-state index < -0.39 is 5.60 Å². The van der Waals surface area contributed by atoms with Crippen LogP contribution in [-0.4, -0.2) is 48.3 Å². The lowest BCUT2D eigenvalue weighted by atomic mass is 10.1. The average molecular weight is 328 g/mol. The molecule has 1 aromatic heterocycles. The quantitative estimate of drug-likeness (QED) is 0.846. The summed E-state index contributed by atoms with van der Waals surface area (Å²) in [6, 6.07) is 3.51. The van der Waals surface area contributed by atoms with Gasteiger partial charge < -0.3 is 19.7 Å². The van der Waals surface area contributed by atoms with E-state index >= 15 is 0 Å². The number of carbonyl (C=O) groups excluding carboxylic acids is 1. The molecule has 1 atom stereocenters. The number of pyridine rings is 1. The maximum atomic E-state index is 12.2. The minimum atomic E-state index is -0.503. The molecule has 22 heavy (non-hydrogen) atoms. The molecule has 0 radical (unpaired) electrons. The Morgan fingerprint density at radius 2 is 2.18 bits per heavy atom. The highest BCUT2D eigenvalue weighted by Gasteiger charge is 2.29. The highest BCUT2D eigenvalue weighted by molar-refractivity contribution is 6.29. The molecular weight excluding hydrogens is 306 g/mol. The Morgan fingerprint density at radius 3 is 2.82 bits per heavy atom. The number of aromatic nitrogens is 1. The first kappa shape index (κ1) is 16.8. The van der Waals surface area contributed by atoms with Crippen LogP contribution in [0.5, 0.6) is 5.88 Å². The Bertz CT molecular complexity index is 545. The van der Waals surface area contributed by atoms with Gasteiger partial charge in [-0.25, -0.2) is 9.78 Å². The normalized spacial score (nSPS) is 19.0. The van der Waals surface area contributed by atoms with Crippen molar-refractivity contribution in [2.75, 3.05) is 26.7 Å². The van der Waals surface area contributed by atoms with Crippen molar-refractivity contribution < 1.29 is 14.3 Å². The lowest BCUT2D eigenvalue weighted by Gasteiger charge is -2.35. The maximum Gasteiger partial charge on any atom is 0.410 e. The van der Waals surface area contributed by atoms with Gasteiger partial charge in [-0.05, 0) is 32.9 Å². The van der Waals surface area contributed by atoms with Gasteiger partial charge in [0.25, 0.3) is 0 Å². The summed E-state index contributed by atoms with van der Waals surface area (Å²) >= 11 is 5.89. The first-order valence-corrected chi connectivity index (χ1v) is 7.59. The highest BCUT2D eigenvalue weighted by atomic mass is 35.5. The number of methoxy groups -OCH3 is 1. The molecule has 122 valence electrons. The molecule has 1 amide bonds. The maximum absolute atomic E-state index is 12.2. The number of ether oxygens (including phenoxy) is 2. The number of amides is 1. The van der Waals surface area contributed by atoms with E-state index in [0.29, 0.717) is 30.7 Å². The number of hydrogen-bond donors (Lipinski definition) is 1. The van der Waals surface area contributed by atoms with Crippen molar-refractivity contribution in [3.8, 4) is 5.88 Å². The van der Waals surface area contributed by atoms with Crippen molar-refractivity contribution in [1.29, 1.82) is 0 Å². The number of carbonyl (C=O) groups is 1. The largest absolute Gasteiger partial charge is 0.481 e. The molecular formula is C15H22ClN3O3. The van der Waals surface area contributed by atoms with E-state index in [1.165, 1.54) is 0 Å². The molecule has 1 N–H and O–H groups in total. The number of halogens is 1. The Balaban J connectivity index is 2.12. The van der Waals surface area contributed by atoms with Gasteiger partial charge in [-0.15, -0.1) is 0 Å². The van der Waals surface area contributed by atoms with Crippen molar-refractivity contribution in [2.45, 2.75) is 32.4 Å². The number of nitrogens with zero attached hydrogens (tertiary/aromatic N) is 2. The first-order valence-electron chi connectivity index (χ1n) is 7.22. The van der Waals surface area contributed by atoms with Gasteiger partial charge in [-0.2, -0.15) is 0 Å². The number of hydrogen-bond acceptors (Lipinski definition) is 5. The smallest absolute Gasteiger partial charge is 0.410 e. The Morgan fingerprint density at radius 1 is 1.45 bits per heavy atom. The summed E-state index contributed by atoms with van der Waals surface area (Å²) in [5.74, 6) is 0.469. The third-order valence-electron chi connectivity index (χ3n) is 3.25. The minimum absolute atomic E-state index is 0.0685. The Kier molecular flexibility index (Phi) is 5.13. The van der Waals surface area contributed by atoms with Gasteiger partial charge in [0.2, 0.25) is 5.88 Å². The third-order valence-corrected chi connectivity index (χ3v) is 3.46. The van der Waals surface area contributed by atoms with E-state index in [0.717, 1.165) is 5.56 Å². The Hall–Kier alpha value is -1.53. The zero-order chi connectivity index (χ0) is 16.3. The second kappa shape index (κ2) is 6.71. The molecule has 7 heteroatoms. The van der Waals surface area contributed by atoms with Gasteiger partial charge in [-0.1, -0.05) is 11.6 Å².